The fraction of sp³-hybridized carbons (Fsp3) is 1.00. The Labute approximate surface area is 79.8 Å². The Morgan fingerprint density at radius 2 is 1.75 bits per heavy atom. The summed E-state index contributed by atoms with van der Waals surface area (Å²) in [6, 6.07) is -0.0133. The van der Waals surface area contributed by atoms with E-state index in [2.05, 4.69) is 0 Å². The fourth-order valence-corrected chi connectivity index (χ4v) is 2.45. The topological polar surface area (TPSA) is 37.4 Å². The van der Waals surface area contributed by atoms with E-state index in [1.807, 2.05) is 13.8 Å². The molecule has 12 heavy (non-hydrogen) atoms. The minimum absolute atomic E-state index is 0.0133. The van der Waals surface area contributed by atoms with E-state index in [9.17, 15) is 8.42 Å². The Hall–Kier alpha value is 0.200. The summed E-state index contributed by atoms with van der Waals surface area (Å²) in [5.41, 5.74) is 0. The lowest BCUT2D eigenvalue weighted by molar-refractivity contribution is 0.406. The van der Waals surface area contributed by atoms with Crippen molar-refractivity contribution >= 4 is 21.6 Å². The molecule has 1 unspecified atom stereocenters. The van der Waals surface area contributed by atoms with Crippen LogP contribution in [-0.4, -0.2) is 36.9 Å². The second kappa shape index (κ2) is 4.44. The Balaban J connectivity index is 4.62. The Kier molecular flexibility index (Phi) is 4.51. The second-order valence-electron chi connectivity index (χ2n) is 3.12. The van der Waals surface area contributed by atoms with Gasteiger partial charge in [0.15, 0.2) is 0 Å². The first-order valence-corrected chi connectivity index (χ1v) is 5.90. The molecule has 3 nitrogen and oxygen atoms in total. The molecule has 0 amide bonds. The molecule has 0 aliphatic rings. The van der Waals surface area contributed by atoms with E-state index >= 15 is 0 Å². The van der Waals surface area contributed by atoms with Gasteiger partial charge in [-0.1, -0.05) is 0 Å². The molecule has 0 aliphatic carbocycles. The lowest BCUT2D eigenvalue weighted by atomic mass is 10.4. The zero-order chi connectivity index (χ0) is 9.94. The highest BCUT2D eigenvalue weighted by Crippen LogP contribution is 2.11. The first kappa shape index (κ1) is 12.2. The fourth-order valence-electron chi connectivity index (χ4n) is 0.657. The van der Waals surface area contributed by atoms with Gasteiger partial charge < -0.3 is 0 Å². The molecule has 0 fully saturated rings. The van der Waals surface area contributed by atoms with Crippen LogP contribution in [0.25, 0.3) is 0 Å². The lowest BCUT2D eigenvalue weighted by Crippen LogP contribution is -2.39. The van der Waals surface area contributed by atoms with Gasteiger partial charge in [0.1, 0.15) is 0 Å². The van der Waals surface area contributed by atoms with Crippen LogP contribution in [0.5, 0.6) is 0 Å². The predicted molar refractivity (Wildman–Crippen MR) is 52.0 cm³/mol. The third-order valence-corrected chi connectivity index (χ3v) is 4.91. The van der Waals surface area contributed by atoms with Crippen LogP contribution in [0.3, 0.4) is 0 Å². The summed E-state index contributed by atoms with van der Waals surface area (Å²) in [7, 11) is -1.61. The van der Waals surface area contributed by atoms with Gasteiger partial charge in [-0.25, -0.2) is 12.7 Å². The quantitative estimate of drug-likeness (QED) is 0.660. The molecule has 0 aliphatic heterocycles. The zero-order valence-corrected chi connectivity index (χ0v) is 9.48. The standard InChI is InChI=1S/C7H16ClNO2S/c1-6(2)9(4)12(10,11)7(3)5-8/h6-7H,5H2,1-4H3. The zero-order valence-electron chi connectivity index (χ0n) is 7.91. The highest BCUT2D eigenvalue weighted by atomic mass is 35.5. The van der Waals surface area contributed by atoms with Gasteiger partial charge in [-0.15, -0.1) is 11.6 Å². The van der Waals surface area contributed by atoms with Crippen LogP contribution in [0, 0.1) is 0 Å². The Bertz CT molecular complexity index is 226. The smallest absolute Gasteiger partial charge is 0.212 e. The van der Waals surface area contributed by atoms with Crippen molar-refractivity contribution in [2.75, 3.05) is 12.9 Å². The minimum Gasteiger partial charge on any atom is -0.212 e. The van der Waals surface area contributed by atoms with E-state index in [1.165, 1.54) is 4.31 Å². The summed E-state index contributed by atoms with van der Waals surface area (Å²) < 4.78 is 24.4. The van der Waals surface area contributed by atoms with Gasteiger partial charge in [0.05, 0.1) is 5.25 Å². The molecule has 0 saturated heterocycles. The molecule has 1 atom stereocenters. The molecule has 0 spiro atoms. The van der Waals surface area contributed by atoms with Crippen LogP contribution in [-0.2, 0) is 10.0 Å². The third-order valence-electron chi connectivity index (χ3n) is 1.85. The molecular formula is C7H16ClNO2S. The number of halogens is 1. The first-order valence-electron chi connectivity index (χ1n) is 3.86. The Morgan fingerprint density at radius 3 is 2.00 bits per heavy atom. The van der Waals surface area contributed by atoms with Crippen LogP contribution in [0.15, 0.2) is 0 Å². The molecule has 0 N–H and O–H groups in total. The van der Waals surface area contributed by atoms with Gasteiger partial charge in [0.2, 0.25) is 10.0 Å². The summed E-state index contributed by atoms with van der Waals surface area (Å²) in [5.74, 6) is 0.138. The summed E-state index contributed by atoms with van der Waals surface area (Å²) in [5, 5.41) is -0.508. The van der Waals surface area contributed by atoms with E-state index < -0.39 is 15.3 Å². The average molecular weight is 214 g/mol. The lowest BCUT2D eigenvalue weighted by Gasteiger charge is -2.23. The summed E-state index contributed by atoms with van der Waals surface area (Å²) >= 11 is 5.48. The molecule has 0 radical (unpaired) electrons. The van der Waals surface area contributed by atoms with Gasteiger partial charge >= 0.3 is 0 Å². The normalized spacial score (nSPS) is 15.6. The van der Waals surface area contributed by atoms with Crippen LogP contribution in [0.4, 0.5) is 0 Å². The summed E-state index contributed by atoms with van der Waals surface area (Å²) in [6.07, 6.45) is 0. The summed E-state index contributed by atoms with van der Waals surface area (Å²) in [4.78, 5) is 0. The first-order chi connectivity index (χ1) is 5.34. The van der Waals surface area contributed by atoms with E-state index in [-0.39, 0.29) is 11.9 Å². The third kappa shape index (κ3) is 2.61. The van der Waals surface area contributed by atoms with Gasteiger partial charge in [-0.05, 0) is 20.8 Å². The van der Waals surface area contributed by atoms with Crippen LogP contribution < -0.4 is 0 Å². The molecule has 0 saturated carbocycles. The number of nitrogens with zero attached hydrogens (tertiary/aromatic N) is 1. The number of hydrogen-bond donors (Lipinski definition) is 0. The monoisotopic (exact) mass is 213 g/mol. The van der Waals surface area contributed by atoms with Crippen molar-refractivity contribution in [2.45, 2.75) is 32.1 Å². The molecule has 5 heteroatoms. The largest absolute Gasteiger partial charge is 0.217 e. The van der Waals surface area contributed by atoms with Crippen LogP contribution in [0.1, 0.15) is 20.8 Å². The van der Waals surface area contributed by atoms with Crippen molar-refractivity contribution in [3.63, 3.8) is 0 Å². The van der Waals surface area contributed by atoms with Crippen molar-refractivity contribution in [1.82, 2.24) is 4.31 Å². The second-order valence-corrected chi connectivity index (χ2v) is 5.84. The van der Waals surface area contributed by atoms with E-state index in [0.29, 0.717) is 0 Å². The van der Waals surface area contributed by atoms with Crippen LogP contribution >= 0.6 is 11.6 Å². The van der Waals surface area contributed by atoms with Gasteiger partial charge in [-0.3, -0.25) is 0 Å². The molecule has 0 rings (SSSR count). The van der Waals surface area contributed by atoms with E-state index in [0.717, 1.165) is 0 Å². The van der Waals surface area contributed by atoms with Gasteiger partial charge in [0.25, 0.3) is 0 Å². The molecule has 0 bridgehead atoms. The van der Waals surface area contributed by atoms with E-state index in [4.69, 9.17) is 11.6 Å². The number of alkyl halides is 1. The van der Waals surface area contributed by atoms with E-state index in [1.54, 1.807) is 14.0 Å². The van der Waals surface area contributed by atoms with Crippen molar-refractivity contribution in [2.24, 2.45) is 0 Å². The molecule has 74 valence electrons. The number of hydrogen-bond acceptors (Lipinski definition) is 2. The van der Waals surface area contributed by atoms with Gasteiger partial charge in [-0.2, -0.15) is 0 Å². The minimum atomic E-state index is -3.19. The maximum absolute atomic E-state index is 11.5. The number of rotatable bonds is 4. The molecule has 0 heterocycles. The maximum Gasteiger partial charge on any atom is 0.217 e. The predicted octanol–water partition coefficient (Wildman–Crippen LogP) is 1.28. The SMILES string of the molecule is CC(C)N(C)S(=O)(=O)C(C)CCl. The van der Waals surface area contributed by atoms with Crippen LogP contribution in [0.2, 0.25) is 0 Å². The molecule has 0 aromatic rings. The van der Waals surface area contributed by atoms with Crippen molar-refractivity contribution in [3.8, 4) is 0 Å². The summed E-state index contributed by atoms with van der Waals surface area (Å²) in [6.45, 7) is 5.28. The molecule has 0 aromatic carbocycles. The molecular weight excluding hydrogens is 198 g/mol. The highest BCUT2D eigenvalue weighted by Gasteiger charge is 2.26. The number of sulfonamides is 1. The Morgan fingerprint density at radius 1 is 1.33 bits per heavy atom. The van der Waals surface area contributed by atoms with Crippen molar-refractivity contribution in [1.29, 1.82) is 0 Å². The average Bonchev–Trinajstić information content (AvgIpc) is 2.01. The highest BCUT2D eigenvalue weighted by molar-refractivity contribution is 7.89. The van der Waals surface area contributed by atoms with Crippen molar-refractivity contribution in [3.05, 3.63) is 0 Å². The molecule has 0 aromatic heterocycles. The van der Waals surface area contributed by atoms with Gasteiger partial charge in [0, 0.05) is 19.0 Å². The van der Waals surface area contributed by atoms with Crippen molar-refractivity contribution < 1.29 is 8.42 Å². The maximum atomic E-state index is 11.5.